The van der Waals surface area contributed by atoms with Gasteiger partial charge in [-0.25, -0.2) is 4.68 Å². The zero-order chi connectivity index (χ0) is 14.7. The Bertz CT molecular complexity index is 609. The van der Waals surface area contributed by atoms with Crippen molar-refractivity contribution in [3.63, 3.8) is 0 Å². The van der Waals surface area contributed by atoms with Crippen LogP contribution in [0.3, 0.4) is 0 Å². The number of rotatable bonds is 4. The summed E-state index contributed by atoms with van der Waals surface area (Å²) in [6.07, 6.45) is 4.70. The van der Waals surface area contributed by atoms with Crippen LogP contribution < -0.4 is 5.73 Å². The Labute approximate surface area is 128 Å². The van der Waals surface area contributed by atoms with Crippen LogP contribution in [0, 0.1) is 0 Å². The lowest BCUT2D eigenvalue weighted by Crippen LogP contribution is -2.21. The molecule has 112 valence electrons. The third kappa shape index (κ3) is 3.16. The zero-order valence-electron chi connectivity index (χ0n) is 11.7. The monoisotopic (exact) mass is 307 g/mol. The number of hydrogen-bond donors (Lipinski definition) is 1. The van der Waals surface area contributed by atoms with Gasteiger partial charge in [-0.15, -0.1) is 5.10 Å². The molecule has 0 aliphatic carbocycles. The van der Waals surface area contributed by atoms with Crippen LogP contribution in [0.2, 0.25) is 5.02 Å². The number of ether oxygens (including phenoxy) is 1. The number of nitrogens with zero attached hydrogens (tertiary/aromatic N) is 4. The second-order valence-corrected chi connectivity index (χ2v) is 5.61. The van der Waals surface area contributed by atoms with Crippen LogP contribution in [0.4, 0.5) is 5.69 Å². The zero-order valence-corrected chi connectivity index (χ0v) is 12.5. The second kappa shape index (κ2) is 6.41. The normalized spacial score (nSPS) is 18.8. The van der Waals surface area contributed by atoms with Crippen molar-refractivity contribution in [2.75, 3.05) is 12.3 Å². The van der Waals surface area contributed by atoms with E-state index >= 15 is 0 Å². The molecule has 1 fully saturated rings. The van der Waals surface area contributed by atoms with Crippen molar-refractivity contribution in [2.24, 2.45) is 0 Å². The number of tetrazole rings is 1. The Balaban J connectivity index is 1.76. The predicted molar refractivity (Wildman–Crippen MR) is 80.9 cm³/mol. The summed E-state index contributed by atoms with van der Waals surface area (Å²) in [5.41, 5.74) is 7.28. The first-order chi connectivity index (χ1) is 10.3. The summed E-state index contributed by atoms with van der Waals surface area (Å²) >= 11 is 6.06. The van der Waals surface area contributed by atoms with Crippen LogP contribution in [0.5, 0.6) is 0 Å². The summed E-state index contributed by atoms with van der Waals surface area (Å²) in [4.78, 5) is 0. The average Bonchev–Trinajstić information content (AvgIpc) is 2.97. The summed E-state index contributed by atoms with van der Waals surface area (Å²) in [5, 5.41) is 12.4. The molecule has 1 aliphatic heterocycles. The molecule has 3 rings (SSSR count). The van der Waals surface area contributed by atoms with Gasteiger partial charge in [-0.2, -0.15) is 0 Å². The summed E-state index contributed by atoms with van der Waals surface area (Å²) in [5.74, 6) is 0.644. The number of halogens is 1. The first-order valence-electron chi connectivity index (χ1n) is 7.18. The highest BCUT2D eigenvalue weighted by Gasteiger charge is 2.17. The van der Waals surface area contributed by atoms with E-state index in [1.807, 2.05) is 12.1 Å². The molecule has 1 aromatic carbocycles. The minimum Gasteiger partial charge on any atom is -0.397 e. The summed E-state index contributed by atoms with van der Waals surface area (Å²) < 4.78 is 7.50. The van der Waals surface area contributed by atoms with Gasteiger partial charge in [0.2, 0.25) is 0 Å². The lowest BCUT2D eigenvalue weighted by molar-refractivity contribution is 0.00828. The van der Waals surface area contributed by atoms with Gasteiger partial charge < -0.3 is 10.5 Å². The number of aryl methyl sites for hydroxylation is 1. The number of hydrogen-bond acceptors (Lipinski definition) is 5. The van der Waals surface area contributed by atoms with E-state index in [1.165, 1.54) is 6.42 Å². The molecule has 0 radical (unpaired) electrons. The molecule has 0 spiro atoms. The topological polar surface area (TPSA) is 78.9 Å². The molecule has 2 N–H and O–H groups in total. The number of anilines is 1. The summed E-state index contributed by atoms with van der Waals surface area (Å²) in [6.45, 7) is 1.56. The van der Waals surface area contributed by atoms with Gasteiger partial charge in [-0.05, 0) is 48.2 Å². The van der Waals surface area contributed by atoms with Crippen LogP contribution in [-0.4, -0.2) is 32.9 Å². The van der Waals surface area contributed by atoms with Crippen LogP contribution in [0.25, 0.3) is 11.4 Å². The van der Waals surface area contributed by atoms with Gasteiger partial charge in [0.05, 0.1) is 16.8 Å². The first kappa shape index (κ1) is 14.3. The Morgan fingerprint density at radius 1 is 1.38 bits per heavy atom. The summed E-state index contributed by atoms with van der Waals surface area (Å²) in [6, 6.07) is 5.47. The van der Waals surface area contributed by atoms with E-state index in [4.69, 9.17) is 22.1 Å². The molecular weight excluding hydrogens is 290 g/mol. The minimum absolute atomic E-state index is 0.299. The van der Waals surface area contributed by atoms with E-state index in [-0.39, 0.29) is 0 Å². The lowest BCUT2D eigenvalue weighted by atomic mass is 10.1. The predicted octanol–water partition coefficient (Wildman–Crippen LogP) is 2.53. The number of para-hydroxylation sites is 1. The van der Waals surface area contributed by atoms with E-state index in [2.05, 4.69) is 15.5 Å². The number of aromatic nitrogens is 4. The molecule has 6 nitrogen and oxygen atoms in total. The van der Waals surface area contributed by atoms with E-state index in [9.17, 15) is 0 Å². The van der Waals surface area contributed by atoms with E-state index in [0.29, 0.717) is 29.2 Å². The minimum atomic E-state index is 0.299. The second-order valence-electron chi connectivity index (χ2n) is 5.20. The highest BCUT2D eigenvalue weighted by molar-refractivity contribution is 6.33. The molecule has 21 heavy (non-hydrogen) atoms. The average molecular weight is 308 g/mol. The maximum atomic E-state index is 6.06. The first-order valence-corrected chi connectivity index (χ1v) is 7.55. The highest BCUT2D eigenvalue weighted by atomic mass is 35.5. The van der Waals surface area contributed by atoms with Crippen molar-refractivity contribution in [1.82, 2.24) is 20.2 Å². The van der Waals surface area contributed by atoms with E-state index < -0.39 is 0 Å². The van der Waals surface area contributed by atoms with Crippen molar-refractivity contribution >= 4 is 17.3 Å². The van der Waals surface area contributed by atoms with E-state index in [1.54, 1.807) is 10.7 Å². The van der Waals surface area contributed by atoms with Crippen LogP contribution in [0.15, 0.2) is 18.2 Å². The van der Waals surface area contributed by atoms with Gasteiger partial charge >= 0.3 is 0 Å². The quantitative estimate of drug-likeness (QED) is 0.878. The van der Waals surface area contributed by atoms with Crippen LogP contribution >= 0.6 is 11.6 Å². The molecule has 1 aliphatic rings. The van der Waals surface area contributed by atoms with Gasteiger partial charge in [-0.1, -0.05) is 17.7 Å². The molecule has 2 heterocycles. The third-order valence-corrected chi connectivity index (χ3v) is 4.09. The smallest absolute Gasteiger partial charge is 0.184 e. The number of nitrogens with two attached hydrogens (primary N) is 1. The molecule has 7 heteroatoms. The van der Waals surface area contributed by atoms with Crippen molar-refractivity contribution < 1.29 is 4.74 Å². The molecule has 1 saturated heterocycles. The standard InChI is InChI=1S/C14H18ClN5O/c15-12-6-3-5-11(13(12)16)14-17-18-19-20(14)8-7-10-4-1-2-9-21-10/h3,5-6,10H,1-2,4,7-9,16H2. The fraction of sp³-hybridized carbons (Fsp3) is 0.500. The maximum Gasteiger partial charge on any atom is 0.184 e. The molecule has 1 unspecified atom stereocenters. The van der Waals surface area contributed by atoms with Gasteiger partial charge in [0, 0.05) is 18.7 Å². The van der Waals surface area contributed by atoms with Gasteiger partial charge in [0.25, 0.3) is 0 Å². The Morgan fingerprint density at radius 2 is 2.29 bits per heavy atom. The van der Waals surface area contributed by atoms with Crippen LogP contribution in [0.1, 0.15) is 25.7 Å². The fourth-order valence-electron chi connectivity index (χ4n) is 2.58. The van der Waals surface area contributed by atoms with Gasteiger partial charge in [-0.3, -0.25) is 0 Å². The number of benzene rings is 1. The highest BCUT2D eigenvalue weighted by Crippen LogP contribution is 2.29. The largest absolute Gasteiger partial charge is 0.397 e. The van der Waals surface area contributed by atoms with Crippen molar-refractivity contribution in [1.29, 1.82) is 0 Å². The fourth-order valence-corrected chi connectivity index (χ4v) is 2.76. The van der Waals surface area contributed by atoms with Crippen molar-refractivity contribution in [2.45, 2.75) is 38.3 Å². The van der Waals surface area contributed by atoms with Crippen molar-refractivity contribution in [3.8, 4) is 11.4 Å². The molecule has 2 aromatic rings. The van der Waals surface area contributed by atoms with Gasteiger partial charge in [0.1, 0.15) is 0 Å². The Hall–Kier alpha value is -1.66. The Kier molecular flexibility index (Phi) is 4.36. The van der Waals surface area contributed by atoms with Gasteiger partial charge in [0.15, 0.2) is 5.82 Å². The Morgan fingerprint density at radius 3 is 3.10 bits per heavy atom. The van der Waals surface area contributed by atoms with Crippen molar-refractivity contribution in [3.05, 3.63) is 23.2 Å². The molecular formula is C14H18ClN5O. The summed E-state index contributed by atoms with van der Waals surface area (Å²) in [7, 11) is 0. The maximum absolute atomic E-state index is 6.06. The lowest BCUT2D eigenvalue weighted by Gasteiger charge is -2.22. The molecule has 0 saturated carbocycles. The molecule has 0 bridgehead atoms. The molecule has 1 aromatic heterocycles. The SMILES string of the molecule is Nc1c(Cl)cccc1-c1nnnn1CCC1CCCCO1. The number of nitrogen functional groups attached to an aromatic ring is 1. The molecule has 0 amide bonds. The van der Waals surface area contributed by atoms with E-state index in [0.717, 1.165) is 31.4 Å². The van der Waals surface area contributed by atoms with Crippen LogP contribution in [-0.2, 0) is 11.3 Å². The third-order valence-electron chi connectivity index (χ3n) is 3.76. The molecule has 1 atom stereocenters.